The monoisotopic (exact) mass is 672 g/mol. The smallest absolute Gasteiger partial charge is 0.744 e. The van der Waals surface area contributed by atoms with Crippen molar-refractivity contribution in [3.05, 3.63) is 83.9 Å². The summed E-state index contributed by atoms with van der Waals surface area (Å²) in [5.41, 5.74) is 1.40. The molecule has 0 atom stereocenters. The maximum absolute atomic E-state index is 13.0. The molecule has 0 saturated carbocycles. The number of fused-ring (bicyclic) bond motifs is 1. The summed E-state index contributed by atoms with van der Waals surface area (Å²) < 4.78 is 134. The Morgan fingerprint density at radius 2 is 0.810 bits per heavy atom. The van der Waals surface area contributed by atoms with Crippen LogP contribution in [-0.4, -0.2) is 42.8 Å². The zero-order chi connectivity index (χ0) is 29.7. The molecule has 0 unspecified atom stereocenters. The molecule has 0 aliphatic rings. The number of benzene rings is 4. The Hall–Kier alpha value is -1.54. The summed E-state index contributed by atoms with van der Waals surface area (Å²) in [5.74, 6) is -1.76. The number of hydrogen-bond acceptors (Lipinski definition) is 12. The van der Waals surface area contributed by atoms with E-state index in [-0.39, 0.29) is 68.9 Å². The normalized spacial score (nSPS) is 12.2. The van der Waals surface area contributed by atoms with Crippen LogP contribution in [0.4, 0.5) is 0 Å². The van der Waals surface area contributed by atoms with Gasteiger partial charge in [-0.2, -0.15) is 16.8 Å². The minimum Gasteiger partial charge on any atom is -0.744 e. The summed E-state index contributed by atoms with van der Waals surface area (Å²) >= 11 is 0. The molecule has 0 aliphatic carbocycles. The van der Waals surface area contributed by atoms with Crippen molar-refractivity contribution in [3.8, 4) is 11.5 Å². The van der Waals surface area contributed by atoms with Crippen molar-refractivity contribution in [1.29, 1.82) is 0 Å². The van der Waals surface area contributed by atoms with E-state index in [0.29, 0.717) is 35.4 Å². The van der Waals surface area contributed by atoms with Crippen LogP contribution in [0.2, 0.25) is 0 Å². The fourth-order valence-electron chi connectivity index (χ4n) is 3.55. The van der Waals surface area contributed by atoms with E-state index in [1.165, 1.54) is 48.5 Å². The number of rotatable bonds is 8. The minimum atomic E-state index is -5.30. The summed E-state index contributed by atoms with van der Waals surface area (Å²) in [7, 11) is -20.0. The standard InChI is InChI=1S/C24H20O12S4.2Na/c1-15-3-7-18(8-4-15)39(31,32)35-22-13-20(37(25,26)27)11-17-12-21(38(28,29)30)14-23(24(17)22)36-40(33,34)19-9-5-16(2)6-10-19;;/h3-14H,1-2H3,(H,25,26,27)(H,28,29,30);;/q;2*+1/p-2. The third-order valence-corrected chi connectivity index (χ3v) is 9.64. The van der Waals surface area contributed by atoms with Crippen molar-refractivity contribution in [3.63, 3.8) is 0 Å². The van der Waals surface area contributed by atoms with Crippen molar-refractivity contribution >= 4 is 51.2 Å². The second-order valence-electron chi connectivity index (χ2n) is 8.55. The molecule has 4 aromatic rings. The fraction of sp³-hybridized carbons (Fsp3) is 0.0833. The topological polar surface area (TPSA) is 201 Å². The van der Waals surface area contributed by atoms with Gasteiger partial charge in [-0.15, -0.1) is 0 Å². The summed E-state index contributed by atoms with van der Waals surface area (Å²) in [6, 6.07) is 12.8. The van der Waals surface area contributed by atoms with Crippen molar-refractivity contribution in [2.24, 2.45) is 0 Å². The van der Waals surface area contributed by atoms with Crippen LogP contribution in [0.1, 0.15) is 11.1 Å². The predicted octanol–water partition coefficient (Wildman–Crippen LogP) is -3.19. The first-order chi connectivity index (χ1) is 18.4. The molecule has 0 saturated heterocycles. The van der Waals surface area contributed by atoms with Gasteiger partial charge in [0.15, 0.2) is 11.5 Å². The van der Waals surface area contributed by atoms with Crippen LogP contribution < -0.4 is 67.5 Å². The van der Waals surface area contributed by atoms with E-state index < -0.39 is 72.5 Å². The fourth-order valence-corrected chi connectivity index (χ4v) is 6.46. The van der Waals surface area contributed by atoms with Crippen LogP contribution >= 0.6 is 0 Å². The Labute approximate surface area is 287 Å². The van der Waals surface area contributed by atoms with Gasteiger partial charge in [0.05, 0.1) is 15.2 Å². The van der Waals surface area contributed by atoms with Crippen LogP contribution in [0.15, 0.2) is 92.4 Å². The average molecular weight is 673 g/mol. The Morgan fingerprint density at radius 3 is 1.10 bits per heavy atom. The van der Waals surface area contributed by atoms with Gasteiger partial charge in [-0.3, -0.25) is 0 Å². The van der Waals surface area contributed by atoms with Gasteiger partial charge in [-0.05, 0) is 55.6 Å². The van der Waals surface area contributed by atoms with E-state index in [2.05, 4.69) is 0 Å². The molecule has 4 aromatic carbocycles. The van der Waals surface area contributed by atoms with Gasteiger partial charge in [0.25, 0.3) is 0 Å². The summed E-state index contributed by atoms with van der Waals surface area (Å²) in [4.78, 5) is -2.87. The molecule has 12 nitrogen and oxygen atoms in total. The van der Waals surface area contributed by atoms with Crippen molar-refractivity contribution in [1.82, 2.24) is 0 Å². The second kappa shape index (κ2) is 13.2. The van der Waals surface area contributed by atoms with E-state index in [1.54, 1.807) is 13.8 Å². The average Bonchev–Trinajstić information content (AvgIpc) is 2.82. The quantitative estimate of drug-likeness (QED) is 0.103. The maximum atomic E-state index is 13.0. The molecule has 0 fully saturated rings. The first kappa shape index (κ1) is 36.7. The third kappa shape index (κ3) is 8.34. The predicted molar refractivity (Wildman–Crippen MR) is 138 cm³/mol. The van der Waals surface area contributed by atoms with Gasteiger partial charge in [0.1, 0.15) is 30.0 Å². The van der Waals surface area contributed by atoms with Gasteiger partial charge in [-0.1, -0.05) is 35.4 Å². The van der Waals surface area contributed by atoms with Gasteiger partial charge in [0, 0.05) is 12.1 Å². The van der Waals surface area contributed by atoms with Crippen LogP contribution in [-0.2, 0) is 40.5 Å². The Kier molecular flexibility index (Phi) is 11.5. The Balaban J connectivity index is 0.00000308. The molecule has 0 aromatic heterocycles. The van der Waals surface area contributed by atoms with Gasteiger partial charge in [0.2, 0.25) is 0 Å². The molecule has 18 heteroatoms. The van der Waals surface area contributed by atoms with Gasteiger partial charge < -0.3 is 17.5 Å². The Bertz CT molecular complexity index is 1930. The molecule has 0 bridgehead atoms. The molecule has 0 amide bonds. The van der Waals surface area contributed by atoms with E-state index in [1.807, 2.05) is 0 Å². The molecule has 0 N–H and O–H groups in total. The van der Waals surface area contributed by atoms with E-state index in [4.69, 9.17) is 8.37 Å². The largest absolute Gasteiger partial charge is 1.00 e. The van der Waals surface area contributed by atoms with Gasteiger partial charge in [-0.25, -0.2) is 16.8 Å². The summed E-state index contributed by atoms with van der Waals surface area (Å²) in [5, 5.41) is -1.09. The van der Waals surface area contributed by atoms with Crippen LogP contribution in [0.3, 0.4) is 0 Å². The summed E-state index contributed by atoms with van der Waals surface area (Å²) in [6.45, 7) is 3.38. The Morgan fingerprint density at radius 1 is 0.500 bits per heavy atom. The van der Waals surface area contributed by atoms with Crippen molar-refractivity contribution < 1.29 is 110 Å². The van der Waals surface area contributed by atoms with Crippen LogP contribution in [0.25, 0.3) is 10.8 Å². The zero-order valence-corrected chi connectivity index (χ0v) is 29.7. The third-order valence-electron chi connectivity index (χ3n) is 5.52. The first-order valence-corrected chi connectivity index (χ1v) is 16.6. The number of aryl methyl sites for hydroxylation is 2. The molecule has 4 rings (SSSR count). The van der Waals surface area contributed by atoms with Crippen LogP contribution in [0, 0.1) is 13.8 Å². The second-order valence-corrected chi connectivity index (χ2v) is 14.4. The molecule has 0 spiro atoms. The molecule has 212 valence electrons. The van der Waals surface area contributed by atoms with Crippen LogP contribution in [0.5, 0.6) is 11.5 Å². The number of hydrogen-bond donors (Lipinski definition) is 0. The van der Waals surface area contributed by atoms with E-state index >= 15 is 0 Å². The van der Waals surface area contributed by atoms with Crippen molar-refractivity contribution in [2.45, 2.75) is 33.4 Å². The van der Waals surface area contributed by atoms with E-state index in [9.17, 15) is 42.8 Å². The van der Waals surface area contributed by atoms with Gasteiger partial charge >= 0.3 is 79.4 Å². The SMILES string of the molecule is Cc1ccc(S(=O)(=O)Oc2cc(S(=O)(=O)[O-])cc3cc(S(=O)(=O)[O-])cc(OS(=O)(=O)c4ccc(C)cc4)c23)cc1.[Na+].[Na+]. The van der Waals surface area contributed by atoms with E-state index in [0.717, 1.165) is 0 Å². The molecular weight excluding hydrogens is 654 g/mol. The molecule has 0 radical (unpaired) electrons. The maximum Gasteiger partial charge on any atom is 1.00 e. The molecule has 42 heavy (non-hydrogen) atoms. The molecular formula is C24H18Na2O12S4. The first-order valence-electron chi connectivity index (χ1n) is 10.9. The zero-order valence-electron chi connectivity index (χ0n) is 22.5. The summed E-state index contributed by atoms with van der Waals surface area (Å²) in [6.07, 6.45) is 0. The van der Waals surface area contributed by atoms with Crippen molar-refractivity contribution in [2.75, 3.05) is 0 Å². The minimum absolute atomic E-state index is 0. The molecule has 0 heterocycles. The molecule has 0 aliphatic heterocycles.